The first-order valence-corrected chi connectivity index (χ1v) is 8.60. The Morgan fingerprint density at radius 3 is 2.65 bits per heavy atom. The third-order valence-corrected chi connectivity index (χ3v) is 5.58. The van der Waals surface area contributed by atoms with Crippen molar-refractivity contribution < 1.29 is 8.42 Å². The van der Waals surface area contributed by atoms with Crippen molar-refractivity contribution in [1.29, 1.82) is 0 Å². The fourth-order valence-electron chi connectivity index (χ4n) is 2.37. The molecule has 1 aliphatic carbocycles. The van der Waals surface area contributed by atoms with E-state index in [2.05, 4.69) is 23.9 Å². The van der Waals surface area contributed by atoms with Crippen LogP contribution < -0.4 is 10.0 Å². The summed E-state index contributed by atoms with van der Waals surface area (Å²) in [4.78, 5) is 0.353. The van der Waals surface area contributed by atoms with Crippen LogP contribution in [0.4, 0.5) is 0 Å². The Hall–Kier alpha value is -0.850. The average Bonchev–Trinajstić information content (AvgIpc) is 2.79. The molecule has 6 heteroatoms. The highest BCUT2D eigenvalue weighted by Gasteiger charge is 2.45. The van der Waals surface area contributed by atoms with Gasteiger partial charge >= 0.3 is 0 Å². The Morgan fingerprint density at radius 2 is 2.10 bits per heavy atom. The summed E-state index contributed by atoms with van der Waals surface area (Å²) < 4.78 is 29.1. The van der Waals surface area contributed by atoms with Gasteiger partial charge in [-0.25, -0.2) is 13.1 Å². The van der Waals surface area contributed by atoms with E-state index in [-0.39, 0.29) is 5.41 Å². The van der Waals surface area contributed by atoms with E-state index >= 15 is 0 Å². The molecule has 1 saturated carbocycles. The summed E-state index contributed by atoms with van der Waals surface area (Å²) in [5, 5.41) is 3.21. The first kappa shape index (κ1) is 15.5. The second kappa shape index (κ2) is 5.50. The minimum absolute atomic E-state index is 0.287. The molecule has 2 rings (SSSR count). The Morgan fingerprint density at radius 1 is 1.45 bits per heavy atom. The molecule has 1 aromatic heterocycles. The summed E-state index contributed by atoms with van der Waals surface area (Å²) in [7, 11) is -1.52. The zero-order valence-electron chi connectivity index (χ0n) is 12.7. The Kier molecular flexibility index (Phi) is 4.27. The smallest absolute Gasteiger partial charge is 0.242 e. The zero-order chi connectivity index (χ0) is 15.0. The Balaban J connectivity index is 2.02. The van der Waals surface area contributed by atoms with Gasteiger partial charge in [0.05, 0.1) is 4.90 Å². The molecule has 1 aliphatic rings. The molecule has 114 valence electrons. The minimum Gasteiger partial charge on any atom is -0.352 e. The van der Waals surface area contributed by atoms with Crippen LogP contribution in [-0.2, 0) is 23.6 Å². The molecule has 1 fully saturated rings. The van der Waals surface area contributed by atoms with Gasteiger partial charge in [-0.1, -0.05) is 20.8 Å². The second-order valence-corrected chi connectivity index (χ2v) is 8.07. The number of aryl methyl sites for hydroxylation is 1. The van der Waals surface area contributed by atoms with Gasteiger partial charge in [0, 0.05) is 32.0 Å². The highest BCUT2D eigenvalue weighted by molar-refractivity contribution is 7.89. The van der Waals surface area contributed by atoms with Crippen molar-refractivity contribution in [2.45, 2.75) is 38.6 Å². The van der Waals surface area contributed by atoms with E-state index < -0.39 is 10.0 Å². The lowest BCUT2D eigenvalue weighted by molar-refractivity contribution is 0.537. The summed E-state index contributed by atoms with van der Waals surface area (Å²) in [6, 6.07) is 1.74. The van der Waals surface area contributed by atoms with Crippen LogP contribution in [0.15, 0.2) is 17.2 Å². The standard InChI is InChI=1S/C14H25N3O2S/c1-5-15-9-12-6-13(10-17(12)4)20(18,19)16-8-11-7-14(11,2)3/h6,10-11,15-16H,5,7-9H2,1-4H3. The van der Waals surface area contributed by atoms with E-state index in [1.807, 2.05) is 18.5 Å². The molecule has 1 atom stereocenters. The van der Waals surface area contributed by atoms with Crippen molar-refractivity contribution >= 4 is 10.0 Å². The van der Waals surface area contributed by atoms with Crippen molar-refractivity contribution in [2.75, 3.05) is 13.1 Å². The summed E-state index contributed by atoms with van der Waals surface area (Å²) in [5.41, 5.74) is 1.26. The molecule has 0 amide bonds. The van der Waals surface area contributed by atoms with Gasteiger partial charge in [0.1, 0.15) is 0 Å². The van der Waals surface area contributed by atoms with E-state index in [9.17, 15) is 8.42 Å². The number of rotatable bonds is 7. The average molecular weight is 299 g/mol. The predicted octanol–water partition coefficient (Wildman–Crippen LogP) is 1.46. The molecule has 0 spiro atoms. The fourth-order valence-corrected chi connectivity index (χ4v) is 3.55. The molecule has 0 saturated heterocycles. The first-order valence-electron chi connectivity index (χ1n) is 7.12. The topological polar surface area (TPSA) is 63.1 Å². The number of hydrogen-bond acceptors (Lipinski definition) is 3. The van der Waals surface area contributed by atoms with Gasteiger partial charge in [-0.2, -0.15) is 0 Å². The maximum atomic E-state index is 12.3. The SMILES string of the molecule is CCNCc1cc(S(=O)(=O)NCC2CC2(C)C)cn1C. The minimum atomic E-state index is -3.39. The van der Waals surface area contributed by atoms with E-state index in [0.29, 0.717) is 23.9 Å². The molecule has 5 nitrogen and oxygen atoms in total. The van der Waals surface area contributed by atoms with Crippen molar-refractivity contribution in [3.05, 3.63) is 18.0 Å². The van der Waals surface area contributed by atoms with E-state index in [0.717, 1.165) is 18.7 Å². The predicted molar refractivity (Wildman–Crippen MR) is 79.9 cm³/mol. The monoisotopic (exact) mass is 299 g/mol. The highest BCUT2D eigenvalue weighted by atomic mass is 32.2. The van der Waals surface area contributed by atoms with Gasteiger partial charge in [-0.15, -0.1) is 0 Å². The van der Waals surface area contributed by atoms with Crippen LogP contribution in [0.3, 0.4) is 0 Å². The number of nitrogens with zero attached hydrogens (tertiary/aromatic N) is 1. The zero-order valence-corrected chi connectivity index (χ0v) is 13.5. The number of aromatic nitrogens is 1. The van der Waals surface area contributed by atoms with Crippen LogP contribution in [0.25, 0.3) is 0 Å². The lowest BCUT2D eigenvalue weighted by Crippen LogP contribution is -2.26. The largest absolute Gasteiger partial charge is 0.352 e. The maximum Gasteiger partial charge on any atom is 0.242 e. The molecule has 0 aliphatic heterocycles. The molecule has 0 radical (unpaired) electrons. The van der Waals surface area contributed by atoms with Gasteiger partial charge in [0.2, 0.25) is 10.0 Å². The van der Waals surface area contributed by atoms with Gasteiger partial charge in [-0.3, -0.25) is 0 Å². The molecule has 0 aromatic carbocycles. The van der Waals surface area contributed by atoms with Gasteiger partial charge < -0.3 is 9.88 Å². The van der Waals surface area contributed by atoms with Crippen molar-refractivity contribution in [2.24, 2.45) is 18.4 Å². The number of hydrogen-bond donors (Lipinski definition) is 2. The molecule has 2 N–H and O–H groups in total. The summed E-state index contributed by atoms with van der Waals surface area (Å²) in [5.74, 6) is 0.460. The van der Waals surface area contributed by atoms with Crippen molar-refractivity contribution in [3.8, 4) is 0 Å². The maximum absolute atomic E-state index is 12.3. The first-order chi connectivity index (χ1) is 9.26. The van der Waals surface area contributed by atoms with Crippen LogP contribution in [-0.4, -0.2) is 26.1 Å². The van der Waals surface area contributed by atoms with E-state index in [4.69, 9.17) is 0 Å². The number of sulfonamides is 1. The normalized spacial score (nSPS) is 21.1. The van der Waals surface area contributed by atoms with Crippen LogP contribution in [0.1, 0.15) is 32.9 Å². The lowest BCUT2D eigenvalue weighted by atomic mass is 10.1. The van der Waals surface area contributed by atoms with Crippen LogP contribution in [0, 0.1) is 11.3 Å². The highest BCUT2D eigenvalue weighted by Crippen LogP contribution is 2.51. The molecule has 20 heavy (non-hydrogen) atoms. The summed E-state index contributed by atoms with van der Waals surface area (Å²) >= 11 is 0. The third-order valence-electron chi connectivity index (χ3n) is 4.19. The van der Waals surface area contributed by atoms with Crippen LogP contribution >= 0.6 is 0 Å². The summed E-state index contributed by atoms with van der Waals surface area (Å²) in [6.07, 6.45) is 2.77. The van der Waals surface area contributed by atoms with Crippen LogP contribution in [0.2, 0.25) is 0 Å². The lowest BCUT2D eigenvalue weighted by Gasteiger charge is -2.06. The molecule has 1 heterocycles. The van der Waals surface area contributed by atoms with E-state index in [1.165, 1.54) is 0 Å². The molecule has 0 bridgehead atoms. The van der Waals surface area contributed by atoms with Gasteiger partial charge in [0.15, 0.2) is 0 Å². The Bertz CT molecular complexity index is 575. The molecule has 1 unspecified atom stereocenters. The van der Waals surface area contributed by atoms with Gasteiger partial charge in [-0.05, 0) is 30.4 Å². The fraction of sp³-hybridized carbons (Fsp3) is 0.714. The van der Waals surface area contributed by atoms with Crippen LogP contribution in [0.5, 0.6) is 0 Å². The third kappa shape index (κ3) is 3.42. The van der Waals surface area contributed by atoms with Gasteiger partial charge in [0.25, 0.3) is 0 Å². The second-order valence-electron chi connectivity index (χ2n) is 6.30. The van der Waals surface area contributed by atoms with Crippen molar-refractivity contribution in [1.82, 2.24) is 14.6 Å². The quantitative estimate of drug-likeness (QED) is 0.801. The van der Waals surface area contributed by atoms with Crippen molar-refractivity contribution in [3.63, 3.8) is 0 Å². The molecular weight excluding hydrogens is 274 g/mol. The Labute approximate surface area is 121 Å². The number of nitrogens with one attached hydrogen (secondary N) is 2. The summed E-state index contributed by atoms with van der Waals surface area (Å²) in [6.45, 7) is 8.44. The molecular formula is C14H25N3O2S. The van der Waals surface area contributed by atoms with E-state index in [1.54, 1.807) is 12.3 Å². The molecule has 1 aromatic rings.